The molecule has 84 valence electrons. The number of nitrogens with zero attached hydrogens (tertiary/aromatic N) is 3. The highest BCUT2D eigenvalue weighted by atomic mass is 79.9. The van der Waals surface area contributed by atoms with Gasteiger partial charge >= 0.3 is 0 Å². The summed E-state index contributed by atoms with van der Waals surface area (Å²) in [5.74, 6) is 3.24. The zero-order chi connectivity index (χ0) is 11.0. The van der Waals surface area contributed by atoms with Gasteiger partial charge in [0.15, 0.2) is 11.5 Å². The van der Waals surface area contributed by atoms with Gasteiger partial charge < -0.3 is 5.32 Å². The number of rotatable bonds is 1. The van der Waals surface area contributed by atoms with Gasteiger partial charge in [-0.1, -0.05) is 0 Å². The minimum Gasteiger partial charge on any atom is -0.306 e. The fourth-order valence-electron chi connectivity index (χ4n) is 1.85. The van der Waals surface area contributed by atoms with Crippen LogP contribution in [0.2, 0.25) is 0 Å². The zero-order valence-corrected chi connectivity index (χ0v) is 11.0. The molecule has 2 aromatic heterocycles. The summed E-state index contributed by atoms with van der Waals surface area (Å²) in [6.45, 7) is 1.04. The molecule has 1 atom stereocenters. The quantitative estimate of drug-likeness (QED) is 0.873. The maximum absolute atomic E-state index is 4.28. The molecule has 0 saturated carbocycles. The van der Waals surface area contributed by atoms with Crippen LogP contribution < -0.4 is 5.32 Å². The third kappa shape index (κ3) is 1.85. The molecule has 16 heavy (non-hydrogen) atoms. The first-order valence-electron chi connectivity index (χ1n) is 5.16. The summed E-state index contributed by atoms with van der Waals surface area (Å²) in [5.41, 5.74) is 0.899. The Morgan fingerprint density at radius 2 is 2.38 bits per heavy atom. The molecule has 1 N–H and O–H groups in total. The summed E-state index contributed by atoms with van der Waals surface area (Å²) in [7, 11) is 0. The first-order chi connectivity index (χ1) is 7.84. The van der Waals surface area contributed by atoms with Crippen LogP contribution in [0.3, 0.4) is 0 Å². The number of hydrogen-bond donors (Lipinski definition) is 1. The molecule has 4 nitrogen and oxygen atoms in total. The van der Waals surface area contributed by atoms with Gasteiger partial charge in [-0.25, -0.2) is 0 Å². The maximum atomic E-state index is 4.28. The molecule has 0 bridgehead atoms. The lowest BCUT2D eigenvalue weighted by molar-refractivity contribution is 0.559. The average molecular weight is 299 g/mol. The monoisotopic (exact) mass is 298 g/mol. The summed E-state index contributed by atoms with van der Waals surface area (Å²) in [6.07, 6.45) is 2.02. The third-order valence-corrected chi connectivity index (χ3v) is 4.16. The summed E-state index contributed by atoms with van der Waals surface area (Å²) in [6, 6.07) is 4.26. The van der Waals surface area contributed by atoms with Crippen molar-refractivity contribution >= 4 is 33.3 Å². The van der Waals surface area contributed by atoms with E-state index in [2.05, 4.69) is 31.4 Å². The van der Waals surface area contributed by atoms with Gasteiger partial charge in [-0.3, -0.25) is 4.40 Å². The van der Waals surface area contributed by atoms with Crippen molar-refractivity contribution in [1.29, 1.82) is 0 Å². The molecular formula is C10H11BrN4S. The molecule has 0 aromatic carbocycles. The minimum atomic E-state index is 0.308. The second kappa shape index (κ2) is 4.35. The molecule has 1 aliphatic heterocycles. The smallest absolute Gasteiger partial charge is 0.160 e. The molecule has 1 saturated heterocycles. The van der Waals surface area contributed by atoms with Gasteiger partial charge in [0, 0.05) is 28.7 Å². The first-order valence-corrected chi connectivity index (χ1v) is 7.11. The molecule has 3 rings (SSSR count). The molecule has 6 heteroatoms. The van der Waals surface area contributed by atoms with Crippen LogP contribution in [0.15, 0.2) is 22.8 Å². The van der Waals surface area contributed by atoms with Crippen molar-refractivity contribution in [2.45, 2.75) is 6.04 Å². The number of pyridine rings is 1. The van der Waals surface area contributed by atoms with E-state index >= 15 is 0 Å². The number of fused-ring (bicyclic) bond motifs is 1. The van der Waals surface area contributed by atoms with Gasteiger partial charge in [0.05, 0.1) is 6.04 Å². The maximum Gasteiger partial charge on any atom is 0.160 e. The summed E-state index contributed by atoms with van der Waals surface area (Å²) in [5, 5.41) is 11.9. The predicted octanol–water partition coefficient (Wildman–Crippen LogP) is 1.87. The highest BCUT2D eigenvalue weighted by molar-refractivity contribution is 9.10. The Labute approximate surface area is 106 Å². The van der Waals surface area contributed by atoms with E-state index in [1.54, 1.807) is 0 Å². The van der Waals surface area contributed by atoms with Crippen molar-refractivity contribution in [1.82, 2.24) is 19.9 Å². The molecule has 1 fully saturated rings. The molecule has 0 spiro atoms. The largest absolute Gasteiger partial charge is 0.306 e. The lowest BCUT2D eigenvalue weighted by Crippen LogP contribution is -2.31. The van der Waals surface area contributed by atoms with E-state index in [0.717, 1.165) is 28.2 Å². The lowest BCUT2D eigenvalue weighted by atomic mass is 10.3. The van der Waals surface area contributed by atoms with Crippen molar-refractivity contribution in [3.8, 4) is 0 Å². The summed E-state index contributed by atoms with van der Waals surface area (Å²) in [4.78, 5) is 0. The molecule has 0 radical (unpaired) electrons. The Kier molecular flexibility index (Phi) is 2.87. The van der Waals surface area contributed by atoms with Gasteiger partial charge in [0.25, 0.3) is 0 Å². The van der Waals surface area contributed by atoms with Crippen LogP contribution in [0.4, 0.5) is 0 Å². The van der Waals surface area contributed by atoms with E-state index < -0.39 is 0 Å². The van der Waals surface area contributed by atoms with E-state index in [-0.39, 0.29) is 0 Å². The number of nitrogens with one attached hydrogen (secondary N) is 1. The lowest BCUT2D eigenvalue weighted by Gasteiger charge is -2.21. The Morgan fingerprint density at radius 3 is 3.19 bits per heavy atom. The summed E-state index contributed by atoms with van der Waals surface area (Å²) < 4.78 is 3.10. The molecule has 1 unspecified atom stereocenters. The third-order valence-electron chi connectivity index (χ3n) is 2.63. The van der Waals surface area contributed by atoms with Crippen LogP contribution in [-0.4, -0.2) is 32.6 Å². The van der Waals surface area contributed by atoms with Crippen LogP contribution in [0.25, 0.3) is 5.65 Å². The molecule has 0 amide bonds. The Bertz CT molecular complexity index is 506. The fourth-order valence-corrected chi connectivity index (χ4v) is 3.12. The van der Waals surface area contributed by atoms with Gasteiger partial charge in [-0.15, -0.1) is 10.2 Å². The number of thioether (sulfide) groups is 1. The van der Waals surface area contributed by atoms with E-state index in [9.17, 15) is 0 Å². The average Bonchev–Trinajstić information content (AvgIpc) is 2.73. The van der Waals surface area contributed by atoms with Crippen molar-refractivity contribution in [2.24, 2.45) is 0 Å². The SMILES string of the molecule is Brc1ccc2nnc(C3CSCCN3)n2c1. The van der Waals surface area contributed by atoms with E-state index in [4.69, 9.17) is 0 Å². The van der Waals surface area contributed by atoms with Gasteiger partial charge in [-0.2, -0.15) is 11.8 Å². The van der Waals surface area contributed by atoms with Crippen molar-refractivity contribution < 1.29 is 0 Å². The van der Waals surface area contributed by atoms with Crippen molar-refractivity contribution in [3.05, 3.63) is 28.6 Å². The highest BCUT2D eigenvalue weighted by Gasteiger charge is 2.20. The van der Waals surface area contributed by atoms with Crippen LogP contribution >= 0.6 is 27.7 Å². The molecule has 1 aliphatic rings. The van der Waals surface area contributed by atoms with Crippen molar-refractivity contribution in [3.63, 3.8) is 0 Å². The Hall–Kier alpha value is -0.590. The van der Waals surface area contributed by atoms with Crippen LogP contribution in [0.5, 0.6) is 0 Å². The molecule has 3 heterocycles. The highest BCUT2D eigenvalue weighted by Crippen LogP contribution is 2.22. The standard InChI is InChI=1S/C10H11BrN4S/c11-7-1-2-9-13-14-10(15(9)5-7)8-6-16-4-3-12-8/h1-2,5,8,12H,3-4,6H2. The summed E-state index contributed by atoms with van der Waals surface area (Å²) >= 11 is 5.43. The Balaban J connectivity index is 2.05. The topological polar surface area (TPSA) is 42.2 Å². The normalized spacial score (nSPS) is 21.4. The first kappa shape index (κ1) is 10.6. The second-order valence-corrected chi connectivity index (χ2v) is 5.78. The zero-order valence-electron chi connectivity index (χ0n) is 8.56. The number of aromatic nitrogens is 3. The van der Waals surface area contributed by atoms with Crippen LogP contribution in [-0.2, 0) is 0 Å². The molecule has 0 aliphatic carbocycles. The fraction of sp³-hybridized carbons (Fsp3) is 0.400. The molecular weight excluding hydrogens is 288 g/mol. The number of halogens is 1. The van der Waals surface area contributed by atoms with Crippen molar-refractivity contribution in [2.75, 3.05) is 18.1 Å². The van der Waals surface area contributed by atoms with Gasteiger partial charge in [0.1, 0.15) is 0 Å². The Morgan fingerprint density at radius 1 is 1.44 bits per heavy atom. The van der Waals surface area contributed by atoms with Crippen LogP contribution in [0, 0.1) is 0 Å². The van der Waals surface area contributed by atoms with Gasteiger partial charge in [-0.05, 0) is 28.1 Å². The van der Waals surface area contributed by atoms with E-state index in [1.807, 2.05) is 34.5 Å². The van der Waals surface area contributed by atoms with E-state index in [0.29, 0.717) is 6.04 Å². The van der Waals surface area contributed by atoms with E-state index in [1.165, 1.54) is 5.75 Å². The number of hydrogen-bond acceptors (Lipinski definition) is 4. The minimum absolute atomic E-state index is 0.308. The predicted molar refractivity (Wildman–Crippen MR) is 68.8 cm³/mol. The second-order valence-electron chi connectivity index (χ2n) is 3.72. The van der Waals surface area contributed by atoms with Crippen LogP contribution in [0.1, 0.15) is 11.9 Å². The van der Waals surface area contributed by atoms with Gasteiger partial charge in [0.2, 0.25) is 0 Å². The molecule has 2 aromatic rings.